The summed E-state index contributed by atoms with van der Waals surface area (Å²) in [4.78, 5) is 40.6. The van der Waals surface area contributed by atoms with Gasteiger partial charge in [0.15, 0.2) is 0 Å². The van der Waals surface area contributed by atoms with Crippen LogP contribution in [-0.2, 0) is 19.1 Å². The normalized spacial score (nSPS) is 12.6. The van der Waals surface area contributed by atoms with E-state index in [0.29, 0.717) is 26.1 Å². The third-order valence-corrected chi connectivity index (χ3v) is 3.88. The van der Waals surface area contributed by atoms with Gasteiger partial charge in [0.1, 0.15) is 0 Å². The maximum Gasteiger partial charge on any atom is 0.335 e. The number of carbonyl (C=O) groups is 4. The summed E-state index contributed by atoms with van der Waals surface area (Å²) in [5.74, 6) is -3.99. The summed E-state index contributed by atoms with van der Waals surface area (Å²) in [5, 5.41) is 50.8. The fourth-order valence-electron chi connectivity index (χ4n) is 2.04. The van der Waals surface area contributed by atoms with Gasteiger partial charge in [-0.3, -0.25) is 9.59 Å². The van der Waals surface area contributed by atoms with Gasteiger partial charge < -0.3 is 40.1 Å². The zero-order valence-electron chi connectivity index (χ0n) is 20.1. The number of aliphatic hydroxyl groups is 2. The third kappa shape index (κ3) is 22.5. The maximum atomic E-state index is 10.4. The second-order valence-electron chi connectivity index (χ2n) is 7.51. The van der Waals surface area contributed by atoms with Crippen LogP contribution in [0.15, 0.2) is 24.3 Å². The average molecular weight is 505 g/mol. The lowest BCUT2D eigenvalue weighted by atomic mass is 10.1. The standard InChI is InChI=1S/C9H20O4.C8H6O4.C6H10O4/c1-7(11)5-12-9(3)6-13-8(2)4-10;9-7(10)5-2-1-3-6(4-5)8(11)12;7-5(8)3-1-2-4-6(9)10/h7-11H,4-6H2,1-3H3;1-4H,(H,9,10)(H,11,12);1-4H2,(H,7,8)(H,9,10). The van der Waals surface area contributed by atoms with Crippen LogP contribution < -0.4 is 0 Å². The van der Waals surface area contributed by atoms with Crippen LogP contribution in [0.1, 0.15) is 67.2 Å². The zero-order valence-corrected chi connectivity index (χ0v) is 20.1. The lowest BCUT2D eigenvalue weighted by Crippen LogP contribution is -2.24. The lowest BCUT2D eigenvalue weighted by molar-refractivity contribution is -0.139. The monoisotopic (exact) mass is 504 g/mol. The van der Waals surface area contributed by atoms with Gasteiger partial charge in [0.05, 0.1) is 49.3 Å². The Morgan fingerprint density at radius 3 is 1.54 bits per heavy atom. The summed E-state index contributed by atoms with van der Waals surface area (Å²) < 4.78 is 10.5. The molecular formula is C23H36O12. The Kier molecular flexibility index (Phi) is 19.8. The number of hydrogen-bond acceptors (Lipinski definition) is 8. The van der Waals surface area contributed by atoms with E-state index in [9.17, 15) is 19.2 Å². The molecule has 6 N–H and O–H groups in total. The first-order chi connectivity index (χ1) is 16.3. The van der Waals surface area contributed by atoms with Crippen molar-refractivity contribution < 1.29 is 59.3 Å². The second kappa shape index (κ2) is 20.3. The summed E-state index contributed by atoms with van der Waals surface area (Å²) >= 11 is 0. The van der Waals surface area contributed by atoms with Crippen LogP contribution in [0.4, 0.5) is 0 Å². The summed E-state index contributed by atoms with van der Waals surface area (Å²) in [6.45, 7) is 6.10. The van der Waals surface area contributed by atoms with Gasteiger partial charge in [-0.15, -0.1) is 0 Å². The molecule has 0 amide bonds. The lowest BCUT2D eigenvalue weighted by Gasteiger charge is -2.16. The number of aromatic carboxylic acids is 2. The molecule has 0 aliphatic rings. The van der Waals surface area contributed by atoms with E-state index in [1.807, 2.05) is 6.92 Å². The molecule has 200 valence electrons. The highest BCUT2D eigenvalue weighted by Crippen LogP contribution is 2.04. The molecule has 12 nitrogen and oxygen atoms in total. The van der Waals surface area contributed by atoms with E-state index in [1.54, 1.807) is 13.8 Å². The van der Waals surface area contributed by atoms with E-state index in [1.165, 1.54) is 18.2 Å². The molecule has 0 aromatic heterocycles. The second-order valence-corrected chi connectivity index (χ2v) is 7.51. The highest BCUT2D eigenvalue weighted by molar-refractivity contribution is 5.93. The third-order valence-electron chi connectivity index (χ3n) is 3.88. The number of ether oxygens (including phenoxy) is 2. The van der Waals surface area contributed by atoms with Crippen LogP contribution in [0.2, 0.25) is 0 Å². The molecule has 0 aliphatic carbocycles. The van der Waals surface area contributed by atoms with Crippen LogP contribution in [0.5, 0.6) is 0 Å². The van der Waals surface area contributed by atoms with Crippen molar-refractivity contribution in [1.82, 2.24) is 0 Å². The average Bonchev–Trinajstić information content (AvgIpc) is 2.79. The molecule has 0 radical (unpaired) electrons. The fraction of sp³-hybridized carbons (Fsp3) is 0.565. The number of aliphatic hydroxyl groups excluding tert-OH is 2. The predicted octanol–water partition coefficient (Wildman–Crippen LogP) is 1.97. The number of unbranched alkanes of at least 4 members (excludes halogenated alkanes) is 1. The van der Waals surface area contributed by atoms with Crippen molar-refractivity contribution in [3.8, 4) is 0 Å². The van der Waals surface area contributed by atoms with Crippen molar-refractivity contribution in [2.24, 2.45) is 0 Å². The number of carboxylic acid groups (broad SMARTS) is 4. The van der Waals surface area contributed by atoms with Crippen molar-refractivity contribution in [3.63, 3.8) is 0 Å². The smallest absolute Gasteiger partial charge is 0.335 e. The van der Waals surface area contributed by atoms with Gasteiger partial charge in [-0.1, -0.05) is 6.07 Å². The molecule has 1 aromatic carbocycles. The van der Waals surface area contributed by atoms with E-state index in [4.69, 9.17) is 40.1 Å². The van der Waals surface area contributed by atoms with E-state index in [-0.39, 0.29) is 42.8 Å². The first-order valence-corrected chi connectivity index (χ1v) is 10.8. The minimum Gasteiger partial charge on any atom is -0.481 e. The van der Waals surface area contributed by atoms with Crippen molar-refractivity contribution >= 4 is 23.9 Å². The minimum atomic E-state index is -1.13. The number of benzene rings is 1. The summed E-state index contributed by atoms with van der Waals surface area (Å²) in [6.07, 6.45) is 0.364. The van der Waals surface area contributed by atoms with Crippen molar-refractivity contribution in [3.05, 3.63) is 35.4 Å². The molecule has 0 fully saturated rings. The van der Waals surface area contributed by atoms with Gasteiger partial charge in [0.2, 0.25) is 0 Å². The van der Waals surface area contributed by atoms with Gasteiger partial charge in [0.25, 0.3) is 0 Å². The molecule has 1 rings (SSSR count). The molecule has 0 bridgehead atoms. The van der Waals surface area contributed by atoms with Crippen LogP contribution in [-0.4, -0.2) is 92.6 Å². The van der Waals surface area contributed by atoms with Gasteiger partial charge in [-0.05, 0) is 51.8 Å². The Bertz CT molecular complexity index is 717. The fourth-order valence-corrected chi connectivity index (χ4v) is 2.04. The van der Waals surface area contributed by atoms with Crippen LogP contribution in [0, 0.1) is 0 Å². The summed E-state index contributed by atoms with van der Waals surface area (Å²) in [6, 6.07) is 5.20. The Balaban J connectivity index is 0. The van der Waals surface area contributed by atoms with Gasteiger partial charge >= 0.3 is 23.9 Å². The van der Waals surface area contributed by atoms with Crippen molar-refractivity contribution in [1.29, 1.82) is 0 Å². The Hall–Kier alpha value is -3.06. The van der Waals surface area contributed by atoms with Crippen molar-refractivity contribution in [2.75, 3.05) is 19.8 Å². The quantitative estimate of drug-likeness (QED) is 0.201. The molecule has 0 saturated carbocycles. The SMILES string of the molecule is CC(O)COC(C)COC(C)CO.O=C(O)CCCCC(=O)O.O=C(O)c1cccc(C(=O)O)c1. The molecule has 3 atom stereocenters. The van der Waals surface area contributed by atoms with Crippen LogP contribution >= 0.6 is 0 Å². The molecule has 0 saturated heterocycles. The van der Waals surface area contributed by atoms with Gasteiger partial charge in [-0.2, -0.15) is 0 Å². The molecular weight excluding hydrogens is 468 g/mol. The first kappa shape index (κ1) is 34.1. The summed E-state index contributed by atoms with van der Waals surface area (Å²) in [5.41, 5.74) is -0.0372. The topological polar surface area (TPSA) is 208 Å². The number of carboxylic acids is 4. The van der Waals surface area contributed by atoms with E-state index in [2.05, 4.69) is 0 Å². The molecule has 3 unspecified atom stereocenters. The minimum absolute atomic E-state index is 0.0170. The molecule has 0 heterocycles. The molecule has 0 aliphatic heterocycles. The maximum absolute atomic E-state index is 10.4. The number of hydrogen-bond donors (Lipinski definition) is 6. The van der Waals surface area contributed by atoms with E-state index in [0.717, 1.165) is 6.07 Å². The molecule has 12 heteroatoms. The first-order valence-electron chi connectivity index (χ1n) is 10.8. The highest BCUT2D eigenvalue weighted by atomic mass is 16.5. The molecule has 0 spiro atoms. The Labute approximate surface area is 203 Å². The largest absolute Gasteiger partial charge is 0.481 e. The Morgan fingerprint density at radius 2 is 1.20 bits per heavy atom. The van der Waals surface area contributed by atoms with Crippen LogP contribution in [0.3, 0.4) is 0 Å². The molecule has 1 aromatic rings. The van der Waals surface area contributed by atoms with Crippen LogP contribution in [0.25, 0.3) is 0 Å². The van der Waals surface area contributed by atoms with E-state index >= 15 is 0 Å². The van der Waals surface area contributed by atoms with Gasteiger partial charge in [0, 0.05) is 12.8 Å². The Morgan fingerprint density at radius 1 is 0.771 bits per heavy atom. The number of rotatable bonds is 14. The van der Waals surface area contributed by atoms with Gasteiger partial charge in [-0.25, -0.2) is 9.59 Å². The summed E-state index contributed by atoms with van der Waals surface area (Å²) in [7, 11) is 0. The number of aliphatic carboxylic acids is 2. The highest BCUT2D eigenvalue weighted by Gasteiger charge is 2.08. The molecule has 35 heavy (non-hydrogen) atoms. The zero-order chi connectivity index (χ0) is 27.4. The van der Waals surface area contributed by atoms with E-state index < -0.39 is 30.0 Å². The van der Waals surface area contributed by atoms with Crippen molar-refractivity contribution in [2.45, 2.75) is 64.8 Å². The predicted molar refractivity (Wildman–Crippen MR) is 124 cm³/mol.